The smallest absolute Gasteiger partial charge is 0.321 e. The summed E-state index contributed by atoms with van der Waals surface area (Å²) >= 11 is 0. The molecule has 1 fully saturated rings. The molecule has 4 heterocycles. The Morgan fingerprint density at radius 1 is 1.00 bits per heavy atom. The number of fused-ring (bicyclic) bond motifs is 1. The van der Waals surface area contributed by atoms with Crippen LogP contribution >= 0.6 is 0 Å². The van der Waals surface area contributed by atoms with Crippen molar-refractivity contribution in [2.24, 2.45) is 0 Å². The Morgan fingerprint density at radius 3 is 2.44 bits per heavy atom. The molecular formula is C28H35N9O2. The number of imidazole rings is 1. The number of piperazine rings is 1. The van der Waals surface area contributed by atoms with E-state index in [9.17, 15) is 9.59 Å². The van der Waals surface area contributed by atoms with Gasteiger partial charge in [0.2, 0.25) is 11.9 Å². The number of H-pyrrole nitrogens is 1. The lowest BCUT2D eigenvalue weighted by atomic mass is 10.0. The van der Waals surface area contributed by atoms with Crippen LogP contribution in [-0.2, 0) is 11.3 Å². The molecule has 11 nitrogen and oxygen atoms in total. The van der Waals surface area contributed by atoms with E-state index in [1.54, 1.807) is 18.5 Å². The highest BCUT2D eigenvalue weighted by molar-refractivity contribution is 5.97. The van der Waals surface area contributed by atoms with Gasteiger partial charge in [-0.15, -0.1) is 0 Å². The fourth-order valence-electron chi connectivity index (χ4n) is 4.56. The lowest BCUT2D eigenvalue weighted by Gasteiger charge is -2.34. The van der Waals surface area contributed by atoms with Crippen molar-refractivity contribution < 1.29 is 9.59 Å². The van der Waals surface area contributed by atoms with E-state index in [2.05, 4.69) is 41.5 Å². The first-order chi connectivity index (χ1) is 18.5. The maximum atomic E-state index is 12.0. The van der Waals surface area contributed by atoms with Gasteiger partial charge in [0.15, 0.2) is 5.82 Å². The van der Waals surface area contributed by atoms with Crippen molar-refractivity contribution in [3.63, 3.8) is 0 Å². The largest absolute Gasteiger partial charge is 0.340 e. The summed E-state index contributed by atoms with van der Waals surface area (Å²) in [6.45, 7) is 8.22. The van der Waals surface area contributed by atoms with Crippen LogP contribution in [-0.4, -0.2) is 79.4 Å². The fourth-order valence-corrected chi connectivity index (χ4v) is 4.56. The summed E-state index contributed by atoms with van der Waals surface area (Å²) in [5.41, 5.74) is 5.02. The van der Waals surface area contributed by atoms with Gasteiger partial charge in [0, 0.05) is 75.4 Å². The summed E-state index contributed by atoms with van der Waals surface area (Å²) in [7, 11) is 0. The van der Waals surface area contributed by atoms with Crippen LogP contribution in [0.3, 0.4) is 0 Å². The van der Waals surface area contributed by atoms with E-state index in [-0.39, 0.29) is 19.4 Å². The van der Waals surface area contributed by atoms with Gasteiger partial charge in [-0.1, -0.05) is 20.4 Å². The topological polar surface area (TPSA) is 132 Å². The summed E-state index contributed by atoms with van der Waals surface area (Å²) in [6, 6.07) is 9.51. The number of carbonyl (C=O) groups is 2. The summed E-state index contributed by atoms with van der Waals surface area (Å²) in [4.78, 5) is 49.6. The SMILES string of the molecule is C.CCNC(=O)Nc1nc2c(-c3ncccn3)cc(-c3ccc(CN4CCN(C(=O)CC)CC4)nc3)cc2[nH]1. The minimum Gasteiger partial charge on any atom is -0.340 e. The number of hydrogen-bond donors (Lipinski definition) is 3. The van der Waals surface area contributed by atoms with Crippen LogP contribution in [0.5, 0.6) is 0 Å². The highest BCUT2D eigenvalue weighted by atomic mass is 16.2. The van der Waals surface area contributed by atoms with Crippen molar-refractivity contribution in [3.8, 4) is 22.5 Å². The lowest BCUT2D eigenvalue weighted by Crippen LogP contribution is -2.48. The molecule has 3 N–H and O–H groups in total. The van der Waals surface area contributed by atoms with E-state index >= 15 is 0 Å². The number of amides is 3. The first kappa shape index (κ1) is 27.6. The van der Waals surface area contributed by atoms with Gasteiger partial charge >= 0.3 is 6.03 Å². The predicted molar refractivity (Wildman–Crippen MR) is 152 cm³/mol. The molecule has 0 unspecified atom stereocenters. The molecule has 0 atom stereocenters. The third kappa shape index (κ3) is 6.37. The molecule has 1 aliphatic rings. The quantitative estimate of drug-likeness (QED) is 0.331. The second-order valence-electron chi connectivity index (χ2n) is 9.11. The molecule has 5 rings (SSSR count). The number of rotatable bonds is 7. The van der Waals surface area contributed by atoms with Crippen molar-refractivity contribution in [1.29, 1.82) is 0 Å². The molecule has 0 radical (unpaired) electrons. The van der Waals surface area contributed by atoms with Crippen molar-refractivity contribution in [2.75, 3.05) is 38.0 Å². The van der Waals surface area contributed by atoms with Crippen LogP contribution < -0.4 is 10.6 Å². The molecule has 1 aromatic carbocycles. The zero-order valence-electron chi connectivity index (χ0n) is 21.6. The van der Waals surface area contributed by atoms with Gasteiger partial charge in [-0.3, -0.25) is 20.0 Å². The lowest BCUT2D eigenvalue weighted by molar-refractivity contribution is -0.132. The number of benzene rings is 1. The van der Waals surface area contributed by atoms with E-state index in [4.69, 9.17) is 4.98 Å². The molecule has 1 saturated heterocycles. The molecule has 4 aromatic rings. The molecule has 3 amide bonds. The summed E-state index contributed by atoms with van der Waals surface area (Å²) in [6.07, 6.45) is 5.80. The summed E-state index contributed by atoms with van der Waals surface area (Å²) in [5.74, 6) is 1.10. The maximum Gasteiger partial charge on any atom is 0.321 e. The second-order valence-corrected chi connectivity index (χ2v) is 9.11. The number of nitrogens with zero attached hydrogens (tertiary/aromatic N) is 6. The van der Waals surface area contributed by atoms with Crippen molar-refractivity contribution >= 4 is 28.9 Å². The Bertz CT molecular complexity index is 1410. The molecule has 204 valence electrons. The van der Waals surface area contributed by atoms with Gasteiger partial charge in [-0.25, -0.2) is 19.7 Å². The molecular weight excluding hydrogens is 494 g/mol. The normalized spacial score (nSPS) is 13.6. The van der Waals surface area contributed by atoms with Crippen LogP contribution in [0.25, 0.3) is 33.5 Å². The van der Waals surface area contributed by atoms with E-state index in [0.29, 0.717) is 30.3 Å². The first-order valence-electron chi connectivity index (χ1n) is 12.9. The average molecular weight is 530 g/mol. The molecule has 39 heavy (non-hydrogen) atoms. The van der Waals surface area contributed by atoms with E-state index in [1.807, 2.05) is 43.1 Å². The van der Waals surface area contributed by atoms with Crippen molar-refractivity contribution in [1.82, 2.24) is 40.0 Å². The zero-order valence-corrected chi connectivity index (χ0v) is 21.6. The number of carbonyl (C=O) groups excluding carboxylic acids is 2. The van der Waals surface area contributed by atoms with Gasteiger partial charge in [-0.05, 0) is 36.8 Å². The van der Waals surface area contributed by atoms with Crippen LogP contribution in [0.4, 0.5) is 10.7 Å². The first-order valence-corrected chi connectivity index (χ1v) is 12.9. The van der Waals surface area contributed by atoms with Crippen LogP contribution in [0, 0.1) is 0 Å². The number of pyridine rings is 1. The Hall–Kier alpha value is -4.38. The third-order valence-corrected chi connectivity index (χ3v) is 6.53. The summed E-state index contributed by atoms with van der Waals surface area (Å²) < 4.78 is 0. The minimum atomic E-state index is -0.331. The second kappa shape index (κ2) is 12.4. The molecule has 3 aromatic heterocycles. The van der Waals surface area contributed by atoms with Crippen LogP contribution in [0.2, 0.25) is 0 Å². The Kier molecular flexibility index (Phi) is 8.82. The highest BCUT2D eigenvalue weighted by Gasteiger charge is 2.20. The van der Waals surface area contributed by atoms with Gasteiger partial charge in [0.05, 0.1) is 11.2 Å². The number of nitrogens with one attached hydrogen (secondary N) is 3. The Morgan fingerprint density at radius 2 is 1.77 bits per heavy atom. The Balaban J connectivity index is 0.00000353. The van der Waals surface area contributed by atoms with E-state index in [1.165, 1.54) is 0 Å². The fraction of sp³-hybridized carbons (Fsp3) is 0.357. The molecule has 1 aliphatic heterocycles. The summed E-state index contributed by atoms with van der Waals surface area (Å²) in [5, 5.41) is 5.43. The number of hydrogen-bond acceptors (Lipinski definition) is 7. The van der Waals surface area contributed by atoms with Gasteiger partial charge in [0.1, 0.15) is 5.52 Å². The van der Waals surface area contributed by atoms with Crippen LogP contribution in [0.15, 0.2) is 48.9 Å². The van der Waals surface area contributed by atoms with E-state index in [0.717, 1.165) is 60.6 Å². The maximum absolute atomic E-state index is 12.0. The van der Waals surface area contributed by atoms with Gasteiger partial charge in [-0.2, -0.15) is 0 Å². The standard InChI is InChI=1S/C27H31N9O2.CH4/c1-3-23(37)36-12-10-35(11-13-36)17-20-7-6-18(16-31-20)19-14-21(25-29-8-5-9-30-25)24-22(15-19)32-26(33-24)34-27(38)28-4-2;/h5-9,14-16H,3-4,10-13,17H2,1-2H3,(H3,28,32,33,34,38);1H4. The number of aromatic nitrogens is 5. The monoisotopic (exact) mass is 529 g/mol. The van der Waals surface area contributed by atoms with E-state index < -0.39 is 0 Å². The molecule has 11 heteroatoms. The molecule has 0 spiro atoms. The average Bonchev–Trinajstić information content (AvgIpc) is 3.35. The molecule has 0 aliphatic carbocycles. The molecule has 0 bridgehead atoms. The van der Waals surface area contributed by atoms with Gasteiger partial charge in [0.25, 0.3) is 0 Å². The zero-order chi connectivity index (χ0) is 26.5. The number of aromatic amines is 1. The predicted octanol–water partition coefficient (Wildman–Crippen LogP) is 3.91. The molecule has 0 saturated carbocycles. The highest BCUT2D eigenvalue weighted by Crippen LogP contribution is 2.32. The Labute approximate surface area is 228 Å². The van der Waals surface area contributed by atoms with Crippen LogP contribution in [0.1, 0.15) is 33.4 Å². The number of anilines is 1. The number of urea groups is 1. The van der Waals surface area contributed by atoms with Gasteiger partial charge < -0.3 is 15.2 Å². The van der Waals surface area contributed by atoms with Crippen molar-refractivity contribution in [2.45, 2.75) is 34.2 Å². The van der Waals surface area contributed by atoms with Crippen molar-refractivity contribution in [3.05, 3.63) is 54.6 Å². The third-order valence-electron chi connectivity index (χ3n) is 6.53. The minimum absolute atomic E-state index is 0.